The summed E-state index contributed by atoms with van der Waals surface area (Å²) in [6, 6.07) is 6.28. The first-order chi connectivity index (χ1) is 8.69. The van der Waals surface area contributed by atoms with Crippen LogP contribution in [0.2, 0.25) is 5.02 Å². The molecule has 1 saturated carbocycles. The molecule has 1 fully saturated rings. The van der Waals surface area contributed by atoms with Crippen LogP contribution in [-0.4, -0.2) is 18.5 Å². The van der Waals surface area contributed by atoms with Gasteiger partial charge in [-0.15, -0.1) is 11.6 Å². The topological polar surface area (TPSA) is 21.3 Å². The SMILES string of the molecule is COc1ccc(Cl)cc1CNC1CCC(Cl)CC1. The van der Waals surface area contributed by atoms with Gasteiger partial charge in [-0.1, -0.05) is 11.6 Å². The van der Waals surface area contributed by atoms with E-state index in [0.29, 0.717) is 11.4 Å². The molecule has 1 aromatic rings. The summed E-state index contributed by atoms with van der Waals surface area (Å²) in [7, 11) is 1.69. The molecule has 1 N–H and O–H groups in total. The minimum absolute atomic E-state index is 0.365. The zero-order valence-corrected chi connectivity index (χ0v) is 12.1. The Balaban J connectivity index is 1.91. The lowest BCUT2D eigenvalue weighted by molar-refractivity contribution is 0.368. The summed E-state index contributed by atoms with van der Waals surface area (Å²) in [5, 5.41) is 4.67. The molecule has 0 aromatic heterocycles. The largest absolute Gasteiger partial charge is 0.496 e. The second kappa shape index (κ2) is 6.65. The van der Waals surface area contributed by atoms with Crippen molar-refractivity contribution in [2.24, 2.45) is 0 Å². The van der Waals surface area contributed by atoms with Crippen LogP contribution in [0.3, 0.4) is 0 Å². The van der Waals surface area contributed by atoms with E-state index >= 15 is 0 Å². The van der Waals surface area contributed by atoms with Crippen molar-refractivity contribution in [1.29, 1.82) is 0 Å². The van der Waals surface area contributed by atoms with Crippen molar-refractivity contribution in [2.75, 3.05) is 7.11 Å². The van der Waals surface area contributed by atoms with Crippen LogP contribution in [-0.2, 0) is 6.54 Å². The Bertz CT molecular complexity index is 389. The number of ether oxygens (including phenoxy) is 1. The van der Waals surface area contributed by atoms with E-state index in [0.717, 1.165) is 48.6 Å². The van der Waals surface area contributed by atoms with Crippen LogP contribution in [0.5, 0.6) is 5.75 Å². The van der Waals surface area contributed by atoms with Crippen LogP contribution in [0.1, 0.15) is 31.2 Å². The minimum atomic E-state index is 0.365. The van der Waals surface area contributed by atoms with Gasteiger partial charge in [-0.05, 0) is 43.9 Å². The molecule has 0 unspecified atom stereocenters. The highest BCUT2D eigenvalue weighted by Crippen LogP contribution is 2.25. The molecule has 1 aromatic carbocycles. The number of nitrogens with one attached hydrogen (secondary N) is 1. The van der Waals surface area contributed by atoms with Crippen molar-refractivity contribution < 1.29 is 4.74 Å². The average molecular weight is 288 g/mol. The van der Waals surface area contributed by atoms with Crippen molar-refractivity contribution in [2.45, 2.75) is 43.6 Å². The maximum absolute atomic E-state index is 6.10. The lowest BCUT2D eigenvalue weighted by atomic mass is 9.95. The maximum Gasteiger partial charge on any atom is 0.123 e. The van der Waals surface area contributed by atoms with Crippen molar-refractivity contribution in [3.63, 3.8) is 0 Å². The second-order valence-electron chi connectivity index (χ2n) is 4.79. The van der Waals surface area contributed by atoms with Crippen molar-refractivity contribution in [3.05, 3.63) is 28.8 Å². The molecule has 0 radical (unpaired) electrons. The Hall–Kier alpha value is -0.440. The van der Waals surface area contributed by atoms with Crippen LogP contribution in [0.15, 0.2) is 18.2 Å². The Morgan fingerprint density at radius 1 is 1.28 bits per heavy atom. The maximum atomic E-state index is 6.10. The van der Waals surface area contributed by atoms with Crippen LogP contribution >= 0.6 is 23.2 Å². The molecule has 18 heavy (non-hydrogen) atoms. The summed E-state index contributed by atoms with van der Waals surface area (Å²) >= 11 is 12.1. The Morgan fingerprint density at radius 3 is 2.67 bits per heavy atom. The first kappa shape index (κ1) is 14.0. The van der Waals surface area contributed by atoms with E-state index in [-0.39, 0.29) is 0 Å². The molecule has 0 atom stereocenters. The smallest absolute Gasteiger partial charge is 0.123 e. The predicted octanol–water partition coefficient (Wildman–Crippen LogP) is 3.99. The Labute approximate surface area is 119 Å². The molecule has 100 valence electrons. The number of hydrogen-bond donors (Lipinski definition) is 1. The molecule has 0 heterocycles. The van der Waals surface area contributed by atoms with Crippen molar-refractivity contribution in [3.8, 4) is 5.75 Å². The zero-order valence-electron chi connectivity index (χ0n) is 10.6. The fourth-order valence-corrected chi connectivity index (χ4v) is 2.84. The molecule has 0 spiro atoms. The van der Waals surface area contributed by atoms with E-state index in [4.69, 9.17) is 27.9 Å². The normalized spacial score (nSPS) is 23.9. The summed E-state index contributed by atoms with van der Waals surface area (Å²) in [6.07, 6.45) is 4.51. The Morgan fingerprint density at radius 2 is 2.00 bits per heavy atom. The summed E-state index contributed by atoms with van der Waals surface area (Å²) in [5.41, 5.74) is 1.11. The van der Waals surface area contributed by atoms with Crippen LogP contribution in [0.4, 0.5) is 0 Å². The van der Waals surface area contributed by atoms with Gasteiger partial charge >= 0.3 is 0 Å². The molecule has 1 aliphatic rings. The fraction of sp³-hybridized carbons (Fsp3) is 0.571. The third-order valence-electron chi connectivity index (χ3n) is 3.48. The van der Waals surface area contributed by atoms with Crippen LogP contribution in [0, 0.1) is 0 Å². The highest BCUT2D eigenvalue weighted by Gasteiger charge is 2.19. The van der Waals surface area contributed by atoms with Gasteiger partial charge in [0, 0.05) is 28.5 Å². The number of rotatable bonds is 4. The number of methoxy groups -OCH3 is 1. The van der Waals surface area contributed by atoms with Crippen molar-refractivity contribution in [1.82, 2.24) is 5.32 Å². The molecule has 2 nitrogen and oxygen atoms in total. The van der Waals surface area contributed by atoms with Gasteiger partial charge in [0.15, 0.2) is 0 Å². The van der Waals surface area contributed by atoms with Crippen LogP contribution in [0.25, 0.3) is 0 Å². The standard InChI is InChI=1S/C14H19Cl2NO/c1-18-14-7-4-12(16)8-10(14)9-17-13-5-2-11(15)3-6-13/h4,7-8,11,13,17H,2-3,5-6,9H2,1H3. The summed E-state index contributed by atoms with van der Waals surface area (Å²) in [6.45, 7) is 0.793. The number of alkyl halides is 1. The molecule has 2 rings (SSSR count). The lowest BCUT2D eigenvalue weighted by Gasteiger charge is -2.26. The van der Waals surface area contributed by atoms with Crippen molar-refractivity contribution >= 4 is 23.2 Å². The molecule has 1 aliphatic carbocycles. The highest BCUT2D eigenvalue weighted by molar-refractivity contribution is 6.30. The Kier molecular flexibility index (Phi) is 5.16. The van der Waals surface area contributed by atoms with Gasteiger partial charge in [0.25, 0.3) is 0 Å². The van der Waals surface area contributed by atoms with Gasteiger partial charge in [-0.25, -0.2) is 0 Å². The molecular formula is C14H19Cl2NO. The van der Waals surface area contributed by atoms with Gasteiger partial charge < -0.3 is 10.1 Å². The quantitative estimate of drug-likeness (QED) is 0.846. The monoisotopic (exact) mass is 287 g/mol. The third-order valence-corrected chi connectivity index (χ3v) is 4.15. The number of halogens is 2. The fourth-order valence-electron chi connectivity index (χ4n) is 2.40. The van der Waals surface area contributed by atoms with E-state index in [9.17, 15) is 0 Å². The molecule has 4 heteroatoms. The molecule has 0 bridgehead atoms. The first-order valence-corrected chi connectivity index (χ1v) is 7.20. The molecule has 0 saturated heterocycles. The minimum Gasteiger partial charge on any atom is -0.496 e. The van der Waals surface area contributed by atoms with Gasteiger partial charge in [0.05, 0.1) is 7.11 Å². The first-order valence-electron chi connectivity index (χ1n) is 6.39. The predicted molar refractivity (Wildman–Crippen MR) is 76.7 cm³/mol. The third kappa shape index (κ3) is 3.78. The lowest BCUT2D eigenvalue weighted by Crippen LogP contribution is -2.33. The number of hydrogen-bond acceptors (Lipinski definition) is 2. The van der Waals surface area contributed by atoms with E-state index in [1.165, 1.54) is 0 Å². The van der Waals surface area contributed by atoms with Gasteiger partial charge in [0.1, 0.15) is 5.75 Å². The van der Waals surface area contributed by atoms with E-state index in [2.05, 4.69) is 5.32 Å². The van der Waals surface area contributed by atoms with Crippen LogP contribution < -0.4 is 10.1 Å². The van der Waals surface area contributed by atoms with Gasteiger partial charge in [-0.2, -0.15) is 0 Å². The average Bonchev–Trinajstić information content (AvgIpc) is 2.38. The molecule has 0 amide bonds. The summed E-state index contributed by atoms with van der Waals surface area (Å²) in [5.74, 6) is 0.887. The second-order valence-corrected chi connectivity index (χ2v) is 5.84. The van der Waals surface area contributed by atoms with E-state index in [1.54, 1.807) is 7.11 Å². The van der Waals surface area contributed by atoms with Gasteiger partial charge in [-0.3, -0.25) is 0 Å². The highest BCUT2D eigenvalue weighted by atomic mass is 35.5. The zero-order chi connectivity index (χ0) is 13.0. The molecule has 0 aliphatic heterocycles. The summed E-state index contributed by atoms with van der Waals surface area (Å²) in [4.78, 5) is 0. The van der Waals surface area contributed by atoms with E-state index < -0.39 is 0 Å². The number of benzene rings is 1. The summed E-state index contributed by atoms with van der Waals surface area (Å²) < 4.78 is 5.34. The van der Waals surface area contributed by atoms with E-state index in [1.807, 2.05) is 18.2 Å². The molecular weight excluding hydrogens is 269 g/mol. The van der Waals surface area contributed by atoms with Gasteiger partial charge in [0.2, 0.25) is 0 Å².